The fourth-order valence-corrected chi connectivity index (χ4v) is 2.34. The summed E-state index contributed by atoms with van der Waals surface area (Å²) in [4.78, 5) is 23.6. The second kappa shape index (κ2) is 7.76. The Labute approximate surface area is 136 Å². The molecule has 1 aliphatic heterocycles. The van der Waals surface area contributed by atoms with Gasteiger partial charge in [-0.1, -0.05) is 32.0 Å². The first-order chi connectivity index (χ1) is 11.0. The minimum absolute atomic E-state index is 0.0626. The lowest BCUT2D eigenvalue weighted by Gasteiger charge is -2.25. The van der Waals surface area contributed by atoms with Gasteiger partial charge in [-0.15, -0.1) is 0 Å². The number of para-hydroxylation sites is 1. The van der Waals surface area contributed by atoms with Crippen LogP contribution in [0.2, 0.25) is 0 Å². The molecule has 0 aromatic heterocycles. The number of carbonyl (C=O) groups excluding carboxylic acids is 2. The molecule has 124 valence electrons. The molecule has 0 saturated heterocycles. The Morgan fingerprint density at radius 1 is 1.26 bits per heavy atom. The number of hydrogen-bond donors (Lipinski definition) is 2. The van der Waals surface area contributed by atoms with E-state index >= 15 is 0 Å². The highest BCUT2D eigenvalue weighted by atomic mass is 16.2. The van der Waals surface area contributed by atoms with Gasteiger partial charge in [-0.3, -0.25) is 9.59 Å². The van der Waals surface area contributed by atoms with Gasteiger partial charge in [-0.05, 0) is 18.1 Å². The normalized spacial score (nSPS) is 16.1. The SMILES string of the molecule is CC(C)[C@H](CNC(=O)C1=NN(C)C(=O)CC1)Nc1ccccc1. The van der Waals surface area contributed by atoms with Crippen LogP contribution in [0.3, 0.4) is 0 Å². The fraction of sp³-hybridized carbons (Fsp3) is 0.471. The lowest BCUT2D eigenvalue weighted by Crippen LogP contribution is -2.43. The van der Waals surface area contributed by atoms with Crippen molar-refractivity contribution in [1.82, 2.24) is 10.3 Å². The van der Waals surface area contributed by atoms with Crippen molar-refractivity contribution in [1.29, 1.82) is 0 Å². The second-order valence-electron chi connectivity index (χ2n) is 6.03. The van der Waals surface area contributed by atoms with Crippen molar-refractivity contribution in [2.24, 2.45) is 11.0 Å². The Kier molecular flexibility index (Phi) is 5.73. The first kappa shape index (κ1) is 17.0. The van der Waals surface area contributed by atoms with Gasteiger partial charge in [0.15, 0.2) is 0 Å². The Bertz CT molecular complexity index is 584. The van der Waals surface area contributed by atoms with Crippen LogP contribution in [0.15, 0.2) is 35.4 Å². The van der Waals surface area contributed by atoms with E-state index in [0.717, 1.165) is 5.69 Å². The van der Waals surface area contributed by atoms with Gasteiger partial charge < -0.3 is 10.6 Å². The monoisotopic (exact) mass is 316 g/mol. The third kappa shape index (κ3) is 4.81. The molecule has 23 heavy (non-hydrogen) atoms. The van der Waals surface area contributed by atoms with Crippen molar-refractivity contribution < 1.29 is 9.59 Å². The molecule has 1 aromatic rings. The topological polar surface area (TPSA) is 73.8 Å². The fourth-order valence-electron chi connectivity index (χ4n) is 2.34. The number of hydrogen-bond acceptors (Lipinski definition) is 4. The molecule has 1 aromatic carbocycles. The number of nitrogens with one attached hydrogen (secondary N) is 2. The van der Waals surface area contributed by atoms with E-state index in [9.17, 15) is 9.59 Å². The Morgan fingerprint density at radius 3 is 2.57 bits per heavy atom. The lowest BCUT2D eigenvalue weighted by molar-refractivity contribution is -0.130. The molecule has 0 radical (unpaired) electrons. The zero-order valence-electron chi connectivity index (χ0n) is 13.9. The minimum atomic E-state index is -0.204. The van der Waals surface area contributed by atoms with E-state index in [4.69, 9.17) is 0 Å². The lowest BCUT2D eigenvalue weighted by atomic mass is 10.0. The number of anilines is 1. The van der Waals surface area contributed by atoms with Crippen LogP contribution in [0.1, 0.15) is 26.7 Å². The van der Waals surface area contributed by atoms with Crippen LogP contribution in [-0.4, -0.2) is 42.2 Å². The Morgan fingerprint density at radius 2 is 1.96 bits per heavy atom. The van der Waals surface area contributed by atoms with Crippen LogP contribution >= 0.6 is 0 Å². The van der Waals surface area contributed by atoms with Crippen LogP contribution in [0.4, 0.5) is 5.69 Å². The molecule has 1 atom stereocenters. The highest BCUT2D eigenvalue weighted by Crippen LogP contribution is 2.12. The summed E-state index contributed by atoms with van der Waals surface area (Å²) in [6.07, 6.45) is 0.728. The Hall–Kier alpha value is -2.37. The van der Waals surface area contributed by atoms with Gasteiger partial charge in [-0.25, -0.2) is 5.01 Å². The van der Waals surface area contributed by atoms with Crippen LogP contribution in [0, 0.1) is 5.92 Å². The summed E-state index contributed by atoms with van der Waals surface area (Å²) in [7, 11) is 1.57. The van der Waals surface area contributed by atoms with E-state index in [2.05, 4.69) is 29.6 Å². The molecular weight excluding hydrogens is 292 g/mol. The quantitative estimate of drug-likeness (QED) is 0.841. The van der Waals surface area contributed by atoms with Gasteiger partial charge in [-0.2, -0.15) is 5.10 Å². The molecular formula is C17H24N4O2. The van der Waals surface area contributed by atoms with Gasteiger partial charge in [0.25, 0.3) is 5.91 Å². The second-order valence-corrected chi connectivity index (χ2v) is 6.03. The smallest absolute Gasteiger partial charge is 0.267 e. The molecule has 0 bridgehead atoms. The largest absolute Gasteiger partial charge is 0.380 e. The molecule has 2 rings (SSSR count). The van der Waals surface area contributed by atoms with Crippen LogP contribution < -0.4 is 10.6 Å². The molecule has 6 nitrogen and oxygen atoms in total. The molecule has 1 heterocycles. The molecule has 6 heteroatoms. The summed E-state index contributed by atoms with van der Waals surface area (Å²) in [5.41, 5.74) is 1.44. The van der Waals surface area contributed by atoms with E-state index in [0.29, 0.717) is 31.0 Å². The van der Waals surface area contributed by atoms with Gasteiger partial charge in [0.1, 0.15) is 5.71 Å². The highest BCUT2D eigenvalue weighted by molar-refractivity contribution is 6.39. The summed E-state index contributed by atoms with van der Waals surface area (Å²) < 4.78 is 0. The van der Waals surface area contributed by atoms with Crippen molar-refractivity contribution in [2.75, 3.05) is 18.9 Å². The average molecular weight is 316 g/mol. The van der Waals surface area contributed by atoms with E-state index in [1.807, 2.05) is 30.3 Å². The molecule has 2 N–H and O–H groups in total. The van der Waals surface area contributed by atoms with Crippen molar-refractivity contribution in [2.45, 2.75) is 32.7 Å². The predicted octanol–water partition coefficient (Wildman–Crippen LogP) is 1.85. The number of rotatable bonds is 6. The molecule has 1 aliphatic rings. The maximum atomic E-state index is 12.2. The molecule has 0 aliphatic carbocycles. The predicted molar refractivity (Wildman–Crippen MR) is 91.1 cm³/mol. The molecule has 0 unspecified atom stereocenters. The van der Waals surface area contributed by atoms with E-state index in [1.54, 1.807) is 7.05 Å². The number of carbonyl (C=O) groups is 2. The number of nitrogens with zero attached hydrogens (tertiary/aromatic N) is 2. The summed E-state index contributed by atoms with van der Waals surface area (Å²) >= 11 is 0. The summed E-state index contributed by atoms with van der Waals surface area (Å²) in [6, 6.07) is 10.0. The van der Waals surface area contributed by atoms with Gasteiger partial charge in [0.05, 0.1) is 0 Å². The first-order valence-electron chi connectivity index (χ1n) is 7.91. The summed E-state index contributed by atoms with van der Waals surface area (Å²) in [5.74, 6) is 0.0882. The van der Waals surface area contributed by atoms with E-state index < -0.39 is 0 Å². The van der Waals surface area contributed by atoms with E-state index in [-0.39, 0.29) is 17.9 Å². The average Bonchev–Trinajstić information content (AvgIpc) is 2.54. The molecule has 0 spiro atoms. The van der Waals surface area contributed by atoms with Crippen LogP contribution in [0.25, 0.3) is 0 Å². The standard InChI is InChI=1S/C17H24N4O2/c1-12(2)15(19-13-7-5-4-6-8-13)11-18-17(23)14-9-10-16(22)21(3)20-14/h4-8,12,15,19H,9-11H2,1-3H3,(H,18,23)/t15-/m0/s1. The van der Waals surface area contributed by atoms with Crippen LogP contribution in [-0.2, 0) is 9.59 Å². The van der Waals surface area contributed by atoms with Crippen molar-refractivity contribution in [3.05, 3.63) is 30.3 Å². The highest BCUT2D eigenvalue weighted by Gasteiger charge is 2.23. The number of benzene rings is 1. The minimum Gasteiger partial charge on any atom is -0.380 e. The first-order valence-corrected chi connectivity index (χ1v) is 7.91. The summed E-state index contributed by atoms with van der Waals surface area (Å²) in [5, 5.41) is 11.6. The van der Waals surface area contributed by atoms with Gasteiger partial charge >= 0.3 is 0 Å². The number of amides is 2. The van der Waals surface area contributed by atoms with Crippen LogP contribution in [0.5, 0.6) is 0 Å². The third-order valence-corrected chi connectivity index (χ3v) is 3.88. The maximum absolute atomic E-state index is 12.2. The molecule has 0 fully saturated rings. The van der Waals surface area contributed by atoms with Crippen molar-refractivity contribution >= 4 is 23.2 Å². The number of hydrazone groups is 1. The van der Waals surface area contributed by atoms with Gasteiger partial charge in [0, 0.05) is 38.2 Å². The zero-order chi connectivity index (χ0) is 16.8. The Balaban J connectivity index is 1.92. The zero-order valence-corrected chi connectivity index (χ0v) is 13.9. The van der Waals surface area contributed by atoms with Crippen molar-refractivity contribution in [3.63, 3.8) is 0 Å². The maximum Gasteiger partial charge on any atom is 0.267 e. The summed E-state index contributed by atoms with van der Waals surface area (Å²) in [6.45, 7) is 4.72. The third-order valence-electron chi connectivity index (χ3n) is 3.88. The molecule has 2 amide bonds. The molecule has 0 saturated carbocycles. The van der Waals surface area contributed by atoms with E-state index in [1.165, 1.54) is 5.01 Å². The van der Waals surface area contributed by atoms with Crippen molar-refractivity contribution in [3.8, 4) is 0 Å². The van der Waals surface area contributed by atoms with Gasteiger partial charge in [0.2, 0.25) is 5.91 Å².